The average molecular weight is 266 g/mol. The van der Waals surface area contributed by atoms with Gasteiger partial charge in [-0.2, -0.15) is 0 Å². The summed E-state index contributed by atoms with van der Waals surface area (Å²) in [7, 11) is 2.46. The fourth-order valence-corrected chi connectivity index (χ4v) is 2.02. The molecular formula is C14H18O5. The van der Waals surface area contributed by atoms with Gasteiger partial charge in [-0.05, 0) is 12.5 Å². The zero-order valence-electron chi connectivity index (χ0n) is 11.2. The molecule has 0 aliphatic heterocycles. The molecule has 1 aromatic carbocycles. The number of ether oxygens (including phenoxy) is 2. The molecule has 104 valence electrons. The van der Waals surface area contributed by atoms with Crippen LogP contribution < -0.4 is 0 Å². The van der Waals surface area contributed by atoms with Crippen LogP contribution in [0.3, 0.4) is 0 Å². The van der Waals surface area contributed by atoms with E-state index in [2.05, 4.69) is 4.74 Å². The van der Waals surface area contributed by atoms with E-state index in [0.29, 0.717) is 5.56 Å². The summed E-state index contributed by atoms with van der Waals surface area (Å²) in [6.45, 7) is 1.44. The van der Waals surface area contributed by atoms with Crippen LogP contribution in [0.1, 0.15) is 18.4 Å². The second kappa shape index (κ2) is 6.89. The lowest BCUT2D eigenvalue weighted by Gasteiger charge is -2.25. The second-order valence-electron chi connectivity index (χ2n) is 4.20. The van der Waals surface area contributed by atoms with Crippen molar-refractivity contribution in [2.24, 2.45) is 5.92 Å². The second-order valence-corrected chi connectivity index (χ2v) is 4.20. The highest BCUT2D eigenvalue weighted by atomic mass is 16.5. The summed E-state index contributed by atoms with van der Waals surface area (Å²) < 4.78 is 9.40. The van der Waals surface area contributed by atoms with Gasteiger partial charge in [0, 0.05) is 0 Å². The predicted molar refractivity (Wildman–Crippen MR) is 68.4 cm³/mol. The number of rotatable bonds is 5. The third kappa shape index (κ3) is 3.54. The van der Waals surface area contributed by atoms with E-state index in [1.165, 1.54) is 21.1 Å². The first-order valence-electron chi connectivity index (χ1n) is 5.91. The first-order chi connectivity index (χ1) is 9.02. The minimum Gasteiger partial charge on any atom is -0.469 e. The molecule has 0 heterocycles. The van der Waals surface area contributed by atoms with Crippen molar-refractivity contribution in [3.05, 3.63) is 35.9 Å². The number of methoxy groups -OCH3 is 2. The predicted octanol–water partition coefficient (Wildman–Crippen LogP) is 1.11. The smallest absolute Gasteiger partial charge is 0.314 e. The van der Waals surface area contributed by atoms with Crippen LogP contribution in [0.25, 0.3) is 0 Å². The first kappa shape index (κ1) is 15.2. The van der Waals surface area contributed by atoms with Gasteiger partial charge < -0.3 is 14.6 Å². The highest BCUT2D eigenvalue weighted by molar-refractivity contribution is 5.86. The summed E-state index contributed by atoms with van der Waals surface area (Å²) in [6, 6.07) is 8.72. The van der Waals surface area contributed by atoms with Crippen molar-refractivity contribution < 1.29 is 24.2 Å². The molecule has 0 saturated carbocycles. The van der Waals surface area contributed by atoms with E-state index in [9.17, 15) is 14.7 Å². The van der Waals surface area contributed by atoms with E-state index in [0.717, 1.165) is 0 Å². The number of esters is 2. The lowest BCUT2D eigenvalue weighted by Crippen LogP contribution is -2.37. The van der Waals surface area contributed by atoms with Crippen LogP contribution in [0.5, 0.6) is 0 Å². The Labute approximate surface area is 112 Å². The van der Waals surface area contributed by atoms with Gasteiger partial charge in [0.1, 0.15) is 0 Å². The number of hydrogen-bond donors (Lipinski definition) is 1. The van der Waals surface area contributed by atoms with Gasteiger partial charge in [0.2, 0.25) is 0 Å². The van der Waals surface area contributed by atoms with Crippen molar-refractivity contribution in [2.75, 3.05) is 14.2 Å². The fraction of sp³-hybridized carbons (Fsp3) is 0.429. The summed E-state index contributed by atoms with van der Waals surface area (Å²) in [5.74, 6) is -3.12. The number of aliphatic hydroxyl groups is 1. The Balaban J connectivity index is 3.22. The number of hydrogen-bond acceptors (Lipinski definition) is 5. The molecule has 0 bridgehead atoms. The van der Waals surface area contributed by atoms with Crippen LogP contribution in [0.4, 0.5) is 0 Å². The van der Waals surface area contributed by atoms with Crippen LogP contribution >= 0.6 is 0 Å². The van der Waals surface area contributed by atoms with Gasteiger partial charge in [-0.1, -0.05) is 30.3 Å². The molecule has 0 aliphatic carbocycles. The number of carbonyl (C=O) groups excluding carboxylic acids is 2. The Bertz CT molecular complexity index is 427. The molecule has 0 radical (unpaired) electrons. The molecule has 0 fully saturated rings. The van der Waals surface area contributed by atoms with Crippen molar-refractivity contribution in [1.82, 2.24) is 0 Å². The maximum Gasteiger partial charge on any atom is 0.314 e. The van der Waals surface area contributed by atoms with Crippen LogP contribution in [-0.4, -0.2) is 37.4 Å². The maximum atomic E-state index is 11.9. The Kier molecular flexibility index (Phi) is 5.51. The largest absolute Gasteiger partial charge is 0.469 e. The van der Waals surface area contributed by atoms with Gasteiger partial charge in [0.05, 0.1) is 32.2 Å². The van der Waals surface area contributed by atoms with Gasteiger partial charge in [-0.25, -0.2) is 0 Å². The number of benzene rings is 1. The normalized spacial score (nSPS) is 15.2. The summed E-state index contributed by atoms with van der Waals surface area (Å²) in [5.41, 5.74) is 0.602. The summed E-state index contributed by atoms with van der Waals surface area (Å²) in [4.78, 5) is 23.7. The molecule has 1 rings (SSSR count). The first-order valence-corrected chi connectivity index (χ1v) is 5.91. The topological polar surface area (TPSA) is 72.8 Å². The Hall–Kier alpha value is -1.88. The Morgan fingerprint density at radius 2 is 1.58 bits per heavy atom. The van der Waals surface area contributed by atoms with Crippen molar-refractivity contribution in [2.45, 2.75) is 18.9 Å². The van der Waals surface area contributed by atoms with Crippen LogP contribution in [-0.2, 0) is 19.1 Å². The van der Waals surface area contributed by atoms with E-state index in [1.807, 2.05) is 0 Å². The molecule has 5 heteroatoms. The number of aliphatic hydroxyl groups excluding tert-OH is 1. The lowest BCUT2D eigenvalue weighted by atomic mass is 9.83. The molecule has 3 atom stereocenters. The molecule has 0 aliphatic rings. The number of carbonyl (C=O) groups is 2. The van der Waals surface area contributed by atoms with Crippen LogP contribution in [0, 0.1) is 5.92 Å². The van der Waals surface area contributed by atoms with Crippen LogP contribution in [0.2, 0.25) is 0 Å². The van der Waals surface area contributed by atoms with E-state index in [-0.39, 0.29) is 0 Å². The lowest BCUT2D eigenvalue weighted by molar-refractivity contribution is -0.158. The third-order valence-electron chi connectivity index (χ3n) is 2.97. The minimum atomic E-state index is -1.03. The molecule has 0 amide bonds. The summed E-state index contributed by atoms with van der Waals surface area (Å²) in [5, 5.41) is 9.78. The van der Waals surface area contributed by atoms with Gasteiger partial charge in [0.25, 0.3) is 0 Å². The van der Waals surface area contributed by atoms with Crippen molar-refractivity contribution in [3.63, 3.8) is 0 Å². The SMILES string of the molecule is COC(=O)[C@@H]([C@@H](C)O)[C@@H](C(=O)OC)c1ccccc1. The molecule has 0 aromatic heterocycles. The zero-order valence-corrected chi connectivity index (χ0v) is 11.2. The van der Waals surface area contributed by atoms with Gasteiger partial charge >= 0.3 is 11.9 Å². The molecule has 1 aromatic rings. The standard InChI is InChI=1S/C14H18O5/c1-9(15)11(13(16)18-2)12(14(17)19-3)10-7-5-4-6-8-10/h4-9,11-12,15H,1-3H3/t9-,11+,12+/m1/s1. The summed E-state index contributed by atoms with van der Waals surface area (Å²) >= 11 is 0. The summed E-state index contributed by atoms with van der Waals surface area (Å²) in [6.07, 6.45) is -1.03. The quantitative estimate of drug-likeness (QED) is 0.808. The highest BCUT2D eigenvalue weighted by Gasteiger charge is 2.39. The van der Waals surface area contributed by atoms with Crippen molar-refractivity contribution in [3.8, 4) is 0 Å². The molecule has 0 saturated heterocycles. The van der Waals surface area contributed by atoms with E-state index < -0.39 is 29.9 Å². The van der Waals surface area contributed by atoms with Crippen LogP contribution in [0.15, 0.2) is 30.3 Å². The maximum absolute atomic E-state index is 11.9. The Morgan fingerprint density at radius 1 is 1.05 bits per heavy atom. The molecule has 0 spiro atoms. The highest BCUT2D eigenvalue weighted by Crippen LogP contribution is 2.29. The van der Waals surface area contributed by atoms with Gasteiger partial charge in [-0.3, -0.25) is 9.59 Å². The average Bonchev–Trinajstić information content (AvgIpc) is 2.43. The van der Waals surface area contributed by atoms with Gasteiger partial charge in [-0.15, -0.1) is 0 Å². The van der Waals surface area contributed by atoms with E-state index in [1.54, 1.807) is 30.3 Å². The minimum absolute atomic E-state index is 0.581. The third-order valence-corrected chi connectivity index (χ3v) is 2.97. The van der Waals surface area contributed by atoms with Gasteiger partial charge in [0.15, 0.2) is 0 Å². The van der Waals surface area contributed by atoms with E-state index >= 15 is 0 Å². The monoisotopic (exact) mass is 266 g/mol. The fourth-order valence-electron chi connectivity index (χ4n) is 2.02. The van der Waals surface area contributed by atoms with Crippen molar-refractivity contribution >= 4 is 11.9 Å². The Morgan fingerprint density at radius 3 is 2.00 bits per heavy atom. The molecule has 19 heavy (non-hydrogen) atoms. The molecule has 1 N–H and O–H groups in total. The molecule has 0 unspecified atom stereocenters. The molecular weight excluding hydrogens is 248 g/mol. The zero-order chi connectivity index (χ0) is 14.4. The molecule has 5 nitrogen and oxygen atoms in total. The van der Waals surface area contributed by atoms with Crippen molar-refractivity contribution in [1.29, 1.82) is 0 Å². The van der Waals surface area contributed by atoms with E-state index in [4.69, 9.17) is 4.74 Å².